The van der Waals surface area contributed by atoms with Crippen molar-refractivity contribution in [2.45, 2.75) is 0 Å². The van der Waals surface area contributed by atoms with Crippen molar-refractivity contribution >= 4 is 17.0 Å². The van der Waals surface area contributed by atoms with Crippen LogP contribution in [0.25, 0.3) is 16.7 Å². The second-order valence-corrected chi connectivity index (χ2v) is 4.26. The lowest BCUT2D eigenvalue weighted by Gasteiger charge is -2.05. The summed E-state index contributed by atoms with van der Waals surface area (Å²) in [6.45, 7) is 0. The van der Waals surface area contributed by atoms with Crippen LogP contribution in [0, 0.1) is 17.1 Å². The van der Waals surface area contributed by atoms with Crippen LogP contribution in [-0.2, 0) is 0 Å². The Hall–Kier alpha value is -3.27. The first-order valence-corrected chi connectivity index (χ1v) is 5.89. The van der Waals surface area contributed by atoms with Gasteiger partial charge < -0.3 is 5.11 Å². The van der Waals surface area contributed by atoms with Gasteiger partial charge in [0, 0.05) is 0 Å². The van der Waals surface area contributed by atoms with Crippen LogP contribution < -0.4 is 0 Å². The lowest BCUT2D eigenvalue weighted by atomic mass is 10.1. The quantitative estimate of drug-likeness (QED) is 0.777. The van der Waals surface area contributed by atoms with Gasteiger partial charge in [-0.3, -0.25) is 0 Å². The maximum Gasteiger partial charge on any atom is 0.335 e. The van der Waals surface area contributed by atoms with Gasteiger partial charge in [0.15, 0.2) is 0 Å². The largest absolute Gasteiger partial charge is 0.478 e. The number of rotatable bonds is 2. The zero-order valence-corrected chi connectivity index (χ0v) is 10.5. The molecule has 0 spiro atoms. The summed E-state index contributed by atoms with van der Waals surface area (Å²) < 4.78 is 15.0. The molecule has 0 aliphatic heterocycles. The number of aromatic nitrogens is 3. The molecule has 3 aromatic rings. The number of aromatic carboxylic acids is 1. The number of carbonyl (C=O) groups is 1. The van der Waals surface area contributed by atoms with Gasteiger partial charge >= 0.3 is 5.97 Å². The summed E-state index contributed by atoms with van der Waals surface area (Å²) in [5, 5.41) is 25.7. The van der Waals surface area contributed by atoms with Crippen LogP contribution in [0.4, 0.5) is 4.39 Å². The zero-order chi connectivity index (χ0) is 15.0. The fourth-order valence-electron chi connectivity index (χ4n) is 2.03. The standard InChI is InChI=1S/C14H7FN4O2/c15-10-2-1-3-12(9(10)7-16)19-13-5-4-8(14(20)21)6-11(13)17-18-19/h1-6H,(H,20,21). The van der Waals surface area contributed by atoms with Gasteiger partial charge in [-0.05, 0) is 30.3 Å². The van der Waals surface area contributed by atoms with Gasteiger partial charge in [0.2, 0.25) is 0 Å². The lowest BCUT2D eigenvalue weighted by molar-refractivity contribution is 0.0697. The topological polar surface area (TPSA) is 91.8 Å². The Morgan fingerprint density at radius 3 is 2.86 bits per heavy atom. The molecule has 2 aromatic carbocycles. The molecule has 7 heteroatoms. The molecule has 0 amide bonds. The molecule has 0 bridgehead atoms. The second kappa shape index (κ2) is 4.68. The summed E-state index contributed by atoms with van der Waals surface area (Å²) in [4.78, 5) is 10.9. The molecule has 0 aliphatic rings. The van der Waals surface area contributed by atoms with E-state index in [-0.39, 0.29) is 16.8 Å². The van der Waals surface area contributed by atoms with Gasteiger partial charge in [-0.1, -0.05) is 11.3 Å². The van der Waals surface area contributed by atoms with Gasteiger partial charge in [-0.15, -0.1) is 5.10 Å². The number of nitriles is 1. The minimum Gasteiger partial charge on any atom is -0.478 e. The van der Waals surface area contributed by atoms with E-state index < -0.39 is 11.8 Å². The molecule has 0 atom stereocenters. The molecule has 0 unspecified atom stereocenters. The first kappa shape index (κ1) is 12.7. The smallest absolute Gasteiger partial charge is 0.335 e. The van der Waals surface area contributed by atoms with Crippen molar-refractivity contribution in [3.63, 3.8) is 0 Å². The maximum absolute atomic E-state index is 13.7. The highest BCUT2D eigenvalue weighted by molar-refractivity contribution is 5.92. The average molecular weight is 282 g/mol. The summed E-state index contributed by atoms with van der Waals surface area (Å²) in [5.74, 6) is -1.73. The van der Waals surface area contributed by atoms with E-state index in [1.54, 1.807) is 12.1 Å². The van der Waals surface area contributed by atoms with E-state index in [1.807, 2.05) is 0 Å². The Bertz CT molecular complexity index is 911. The molecule has 0 radical (unpaired) electrons. The molecule has 0 aliphatic carbocycles. The van der Waals surface area contributed by atoms with Crippen molar-refractivity contribution in [1.29, 1.82) is 5.26 Å². The Labute approximate surface area is 117 Å². The fraction of sp³-hybridized carbons (Fsp3) is 0. The van der Waals surface area contributed by atoms with Crippen LogP contribution in [0.15, 0.2) is 36.4 Å². The van der Waals surface area contributed by atoms with Crippen molar-refractivity contribution in [3.05, 3.63) is 53.3 Å². The number of carboxylic acid groups (broad SMARTS) is 1. The predicted molar refractivity (Wildman–Crippen MR) is 70.5 cm³/mol. The van der Waals surface area contributed by atoms with Gasteiger partial charge in [-0.2, -0.15) is 5.26 Å². The summed E-state index contributed by atoms with van der Waals surface area (Å²) in [5.41, 5.74) is 1.02. The van der Waals surface area contributed by atoms with E-state index in [2.05, 4.69) is 10.3 Å². The van der Waals surface area contributed by atoms with E-state index in [0.29, 0.717) is 11.0 Å². The highest BCUT2D eigenvalue weighted by atomic mass is 19.1. The molecule has 21 heavy (non-hydrogen) atoms. The van der Waals surface area contributed by atoms with Crippen molar-refractivity contribution < 1.29 is 14.3 Å². The van der Waals surface area contributed by atoms with Crippen molar-refractivity contribution in [3.8, 4) is 11.8 Å². The van der Waals surface area contributed by atoms with Crippen LogP contribution in [0.1, 0.15) is 15.9 Å². The molecule has 0 saturated heterocycles. The average Bonchev–Trinajstić information content (AvgIpc) is 2.89. The number of nitrogens with zero attached hydrogens (tertiary/aromatic N) is 4. The first-order chi connectivity index (χ1) is 10.1. The van der Waals surface area contributed by atoms with E-state index >= 15 is 0 Å². The van der Waals surface area contributed by atoms with Crippen molar-refractivity contribution in [2.75, 3.05) is 0 Å². The van der Waals surface area contributed by atoms with Crippen LogP contribution in [-0.4, -0.2) is 26.1 Å². The van der Waals surface area contributed by atoms with E-state index in [9.17, 15) is 9.18 Å². The lowest BCUT2D eigenvalue weighted by Crippen LogP contribution is -2.02. The molecule has 1 aromatic heterocycles. The Morgan fingerprint density at radius 2 is 2.14 bits per heavy atom. The maximum atomic E-state index is 13.7. The molecular weight excluding hydrogens is 275 g/mol. The van der Waals surface area contributed by atoms with Crippen LogP contribution >= 0.6 is 0 Å². The van der Waals surface area contributed by atoms with E-state index in [1.165, 1.54) is 35.0 Å². The number of carboxylic acids is 1. The molecular formula is C14H7FN4O2. The van der Waals surface area contributed by atoms with Crippen molar-refractivity contribution in [1.82, 2.24) is 15.0 Å². The van der Waals surface area contributed by atoms with Gasteiger partial charge in [0.1, 0.15) is 23.0 Å². The van der Waals surface area contributed by atoms with Crippen molar-refractivity contribution in [2.24, 2.45) is 0 Å². The molecule has 0 fully saturated rings. The fourth-order valence-corrected chi connectivity index (χ4v) is 2.03. The normalized spacial score (nSPS) is 10.5. The van der Waals surface area contributed by atoms with Gasteiger partial charge in [0.25, 0.3) is 0 Å². The molecule has 102 valence electrons. The third-order valence-electron chi connectivity index (χ3n) is 3.02. The van der Waals surface area contributed by atoms with Crippen LogP contribution in [0.5, 0.6) is 0 Å². The van der Waals surface area contributed by atoms with Crippen LogP contribution in [0.2, 0.25) is 0 Å². The molecule has 1 N–H and O–H groups in total. The molecule has 3 rings (SSSR count). The number of hydrogen-bond acceptors (Lipinski definition) is 4. The molecule has 0 saturated carbocycles. The van der Waals surface area contributed by atoms with E-state index in [4.69, 9.17) is 10.4 Å². The number of fused-ring (bicyclic) bond motifs is 1. The zero-order valence-electron chi connectivity index (χ0n) is 10.5. The number of hydrogen-bond donors (Lipinski definition) is 1. The summed E-state index contributed by atoms with van der Waals surface area (Å²) >= 11 is 0. The highest BCUT2D eigenvalue weighted by Gasteiger charge is 2.15. The number of halogens is 1. The summed E-state index contributed by atoms with van der Waals surface area (Å²) in [6.07, 6.45) is 0. The minimum absolute atomic E-state index is 0.0781. The summed E-state index contributed by atoms with van der Waals surface area (Å²) in [6, 6.07) is 10.3. The van der Waals surface area contributed by atoms with E-state index in [0.717, 1.165) is 0 Å². The first-order valence-electron chi connectivity index (χ1n) is 5.89. The van der Waals surface area contributed by atoms with Gasteiger partial charge in [-0.25, -0.2) is 13.9 Å². The van der Waals surface area contributed by atoms with Gasteiger partial charge in [0.05, 0.1) is 16.8 Å². The molecule has 1 heterocycles. The Morgan fingerprint density at radius 1 is 1.33 bits per heavy atom. The second-order valence-electron chi connectivity index (χ2n) is 4.26. The summed E-state index contributed by atoms with van der Waals surface area (Å²) in [7, 11) is 0. The Kier molecular flexibility index (Phi) is 2.84. The predicted octanol–water partition coefficient (Wildman–Crippen LogP) is 2.13. The monoisotopic (exact) mass is 282 g/mol. The third kappa shape index (κ3) is 1.99. The molecule has 6 nitrogen and oxygen atoms in total. The highest BCUT2D eigenvalue weighted by Crippen LogP contribution is 2.21. The van der Waals surface area contributed by atoms with Crippen LogP contribution in [0.3, 0.4) is 0 Å². The number of benzene rings is 2. The Balaban J connectivity index is 2.26. The minimum atomic E-state index is -1.07. The SMILES string of the molecule is N#Cc1c(F)cccc1-n1nnc2cc(C(=O)O)ccc21. The third-order valence-corrected chi connectivity index (χ3v) is 3.02.